The minimum Gasteiger partial charge on any atom is -0.300 e. The molecule has 1 aliphatic heterocycles. The zero-order chi connectivity index (χ0) is 19.7. The predicted octanol–water partition coefficient (Wildman–Crippen LogP) is 5.25. The maximum absolute atomic E-state index is 12.8. The van der Waals surface area contributed by atoms with E-state index in [1.54, 1.807) is 36.4 Å². The molecule has 1 N–H and O–H groups in total. The van der Waals surface area contributed by atoms with Gasteiger partial charge in [-0.1, -0.05) is 35.3 Å². The number of rotatable bonds is 4. The van der Waals surface area contributed by atoms with E-state index in [0.29, 0.717) is 33.7 Å². The molecular weight excluding hydrogens is 417 g/mol. The Morgan fingerprint density at radius 1 is 1.07 bits per heavy atom. The molecule has 1 atom stereocenters. The van der Waals surface area contributed by atoms with Crippen LogP contribution in [-0.2, 0) is 9.59 Å². The van der Waals surface area contributed by atoms with E-state index in [2.05, 4.69) is 10.3 Å². The molecule has 2 amide bonds. The van der Waals surface area contributed by atoms with E-state index in [-0.39, 0.29) is 11.8 Å². The number of halogens is 2. The second kappa shape index (κ2) is 7.91. The van der Waals surface area contributed by atoms with Gasteiger partial charge in [-0.15, -0.1) is 11.3 Å². The SMILES string of the molecule is O=C(Nc1nc(-c2ccc(Cl)cc2)cs1)C1CCC(=O)N1c1ccc(Cl)cc1. The first kappa shape index (κ1) is 18.9. The molecule has 2 heterocycles. The van der Waals surface area contributed by atoms with Gasteiger partial charge < -0.3 is 5.32 Å². The normalized spacial score (nSPS) is 16.4. The van der Waals surface area contributed by atoms with Gasteiger partial charge in [0.25, 0.3) is 0 Å². The van der Waals surface area contributed by atoms with E-state index in [4.69, 9.17) is 23.2 Å². The van der Waals surface area contributed by atoms with Crippen molar-refractivity contribution < 1.29 is 9.59 Å². The summed E-state index contributed by atoms with van der Waals surface area (Å²) in [6.45, 7) is 0. The van der Waals surface area contributed by atoms with Crippen LogP contribution < -0.4 is 10.2 Å². The molecule has 8 heteroatoms. The highest BCUT2D eigenvalue weighted by molar-refractivity contribution is 7.14. The number of nitrogens with zero attached hydrogens (tertiary/aromatic N) is 2. The third-order valence-corrected chi connectivity index (χ3v) is 5.76. The Kier molecular flexibility index (Phi) is 5.35. The predicted molar refractivity (Wildman–Crippen MR) is 113 cm³/mol. The highest BCUT2D eigenvalue weighted by Crippen LogP contribution is 2.30. The Morgan fingerprint density at radius 2 is 1.71 bits per heavy atom. The number of anilines is 2. The van der Waals surface area contributed by atoms with Gasteiger partial charge in [-0.25, -0.2) is 4.98 Å². The fraction of sp³-hybridized carbons (Fsp3) is 0.150. The van der Waals surface area contributed by atoms with Crippen molar-refractivity contribution >= 4 is 57.2 Å². The van der Waals surface area contributed by atoms with Crippen LogP contribution >= 0.6 is 34.5 Å². The summed E-state index contributed by atoms with van der Waals surface area (Å²) in [6, 6.07) is 13.7. The first-order valence-corrected chi connectivity index (χ1v) is 10.2. The Bertz CT molecular complexity index is 1020. The molecule has 4 rings (SSSR count). The summed E-state index contributed by atoms with van der Waals surface area (Å²) in [5.74, 6) is -0.332. The lowest BCUT2D eigenvalue weighted by molar-refractivity contribution is -0.120. The third-order valence-electron chi connectivity index (χ3n) is 4.49. The highest BCUT2D eigenvalue weighted by Gasteiger charge is 2.37. The Labute approximate surface area is 175 Å². The summed E-state index contributed by atoms with van der Waals surface area (Å²) in [5.41, 5.74) is 2.34. The maximum atomic E-state index is 12.8. The van der Waals surface area contributed by atoms with Crippen molar-refractivity contribution in [3.8, 4) is 11.3 Å². The number of nitrogens with one attached hydrogen (secondary N) is 1. The van der Waals surface area contributed by atoms with Crippen molar-refractivity contribution in [3.63, 3.8) is 0 Å². The minimum atomic E-state index is -0.573. The lowest BCUT2D eigenvalue weighted by Crippen LogP contribution is -2.41. The van der Waals surface area contributed by atoms with E-state index < -0.39 is 6.04 Å². The number of carbonyl (C=O) groups is 2. The molecule has 1 unspecified atom stereocenters. The van der Waals surface area contributed by atoms with Gasteiger partial charge in [-0.3, -0.25) is 14.5 Å². The van der Waals surface area contributed by atoms with Crippen LogP contribution in [0.15, 0.2) is 53.9 Å². The Morgan fingerprint density at radius 3 is 2.39 bits per heavy atom. The Balaban J connectivity index is 1.50. The summed E-state index contributed by atoms with van der Waals surface area (Å²) < 4.78 is 0. The molecule has 1 aromatic heterocycles. The monoisotopic (exact) mass is 431 g/mol. The van der Waals surface area contributed by atoms with Crippen LogP contribution in [0.5, 0.6) is 0 Å². The molecule has 2 aromatic carbocycles. The topological polar surface area (TPSA) is 62.3 Å². The number of aromatic nitrogens is 1. The molecule has 142 valence electrons. The van der Waals surface area contributed by atoms with Crippen molar-refractivity contribution in [2.45, 2.75) is 18.9 Å². The van der Waals surface area contributed by atoms with Crippen LogP contribution in [0.3, 0.4) is 0 Å². The van der Waals surface area contributed by atoms with Gasteiger partial charge in [0, 0.05) is 33.1 Å². The molecular formula is C20H15Cl2N3O2S. The summed E-state index contributed by atoms with van der Waals surface area (Å²) in [7, 11) is 0. The largest absolute Gasteiger partial charge is 0.300 e. The summed E-state index contributed by atoms with van der Waals surface area (Å²) in [6.07, 6.45) is 0.789. The van der Waals surface area contributed by atoms with Gasteiger partial charge in [-0.05, 0) is 42.8 Å². The molecule has 1 fully saturated rings. The molecule has 28 heavy (non-hydrogen) atoms. The van der Waals surface area contributed by atoms with Crippen molar-refractivity contribution in [1.29, 1.82) is 0 Å². The first-order chi connectivity index (χ1) is 13.5. The highest BCUT2D eigenvalue weighted by atomic mass is 35.5. The van der Waals surface area contributed by atoms with Gasteiger partial charge >= 0.3 is 0 Å². The van der Waals surface area contributed by atoms with Crippen LogP contribution in [0.25, 0.3) is 11.3 Å². The van der Waals surface area contributed by atoms with E-state index in [0.717, 1.165) is 11.3 Å². The molecule has 0 spiro atoms. The standard InChI is InChI=1S/C20H15Cl2N3O2S/c21-13-3-1-12(2-4-13)16-11-28-20(23-16)24-19(27)17-9-10-18(26)25(17)15-7-5-14(22)6-8-15/h1-8,11,17H,9-10H2,(H,23,24,27). The number of benzene rings is 2. The van der Waals surface area contributed by atoms with Crippen LogP contribution in [0.1, 0.15) is 12.8 Å². The molecule has 1 aliphatic rings. The summed E-state index contributed by atoms with van der Waals surface area (Å²) in [5, 5.41) is 6.43. The van der Waals surface area contributed by atoms with Crippen molar-refractivity contribution in [3.05, 3.63) is 64.0 Å². The lowest BCUT2D eigenvalue weighted by atomic mass is 10.2. The average molecular weight is 432 g/mol. The van der Waals surface area contributed by atoms with Crippen molar-refractivity contribution in [2.24, 2.45) is 0 Å². The van der Waals surface area contributed by atoms with Crippen LogP contribution in [0.4, 0.5) is 10.8 Å². The third kappa shape index (κ3) is 3.90. The fourth-order valence-corrected chi connectivity index (χ4v) is 4.11. The number of amides is 2. The quantitative estimate of drug-likeness (QED) is 0.613. The average Bonchev–Trinajstić information content (AvgIpc) is 3.30. The smallest absolute Gasteiger partial charge is 0.249 e. The van der Waals surface area contributed by atoms with Gasteiger partial charge in [0.1, 0.15) is 6.04 Å². The molecule has 0 saturated carbocycles. The number of hydrogen-bond donors (Lipinski definition) is 1. The van der Waals surface area contributed by atoms with Gasteiger partial charge in [0.2, 0.25) is 11.8 Å². The van der Waals surface area contributed by atoms with Crippen molar-refractivity contribution in [1.82, 2.24) is 4.98 Å². The van der Waals surface area contributed by atoms with E-state index in [1.165, 1.54) is 16.2 Å². The minimum absolute atomic E-state index is 0.0801. The van der Waals surface area contributed by atoms with Crippen LogP contribution in [0.2, 0.25) is 10.0 Å². The van der Waals surface area contributed by atoms with Gasteiger partial charge in [-0.2, -0.15) is 0 Å². The zero-order valence-electron chi connectivity index (χ0n) is 14.6. The maximum Gasteiger partial charge on any atom is 0.249 e. The second-order valence-electron chi connectivity index (χ2n) is 6.33. The number of hydrogen-bond acceptors (Lipinski definition) is 4. The van der Waals surface area contributed by atoms with Crippen LogP contribution in [0, 0.1) is 0 Å². The van der Waals surface area contributed by atoms with Crippen molar-refractivity contribution in [2.75, 3.05) is 10.2 Å². The van der Waals surface area contributed by atoms with E-state index in [9.17, 15) is 9.59 Å². The molecule has 0 aliphatic carbocycles. The van der Waals surface area contributed by atoms with E-state index in [1.807, 2.05) is 17.5 Å². The molecule has 3 aromatic rings. The molecule has 1 saturated heterocycles. The van der Waals surface area contributed by atoms with Crippen LogP contribution in [-0.4, -0.2) is 22.8 Å². The molecule has 0 radical (unpaired) electrons. The number of thiazole rings is 1. The summed E-state index contributed by atoms with van der Waals surface area (Å²) >= 11 is 13.2. The lowest BCUT2D eigenvalue weighted by Gasteiger charge is -2.23. The zero-order valence-corrected chi connectivity index (χ0v) is 16.9. The summed E-state index contributed by atoms with van der Waals surface area (Å²) in [4.78, 5) is 31.2. The second-order valence-corrected chi connectivity index (χ2v) is 8.06. The number of carbonyl (C=O) groups excluding carboxylic acids is 2. The molecule has 0 bridgehead atoms. The van der Waals surface area contributed by atoms with E-state index >= 15 is 0 Å². The van der Waals surface area contributed by atoms with Gasteiger partial charge in [0.05, 0.1) is 5.69 Å². The van der Waals surface area contributed by atoms with Gasteiger partial charge in [0.15, 0.2) is 5.13 Å². The Hall–Kier alpha value is -2.41. The first-order valence-electron chi connectivity index (χ1n) is 8.61. The molecule has 5 nitrogen and oxygen atoms in total. The fourth-order valence-electron chi connectivity index (χ4n) is 3.13.